The van der Waals surface area contributed by atoms with Crippen LogP contribution in [0.4, 0.5) is 0 Å². The van der Waals surface area contributed by atoms with Gasteiger partial charge in [-0.3, -0.25) is 4.55 Å². The van der Waals surface area contributed by atoms with Crippen molar-refractivity contribution in [3.05, 3.63) is 0 Å². The molecular weight excluding hydrogens is 255 g/mol. The Labute approximate surface area is 125 Å². The molecular formula is C10H19NaO5S. The van der Waals surface area contributed by atoms with E-state index < -0.39 is 21.3 Å². The molecule has 0 spiro atoms. The normalized spacial score (nSPS) is 13.2. The first-order chi connectivity index (χ1) is 7.23. The molecule has 0 aliphatic rings. The van der Waals surface area contributed by atoms with Crippen LogP contribution in [0.5, 0.6) is 0 Å². The van der Waals surface area contributed by atoms with Gasteiger partial charge in [-0.1, -0.05) is 13.8 Å². The largest absolute Gasteiger partial charge is 1.00 e. The van der Waals surface area contributed by atoms with Gasteiger partial charge in [0.15, 0.2) is 0 Å². The average Bonchev–Trinajstić information content (AvgIpc) is 2.07. The molecule has 1 N–H and O–H groups in total. The van der Waals surface area contributed by atoms with Gasteiger partial charge in [0.2, 0.25) is 0 Å². The Hall–Kier alpha value is 0.380. The van der Waals surface area contributed by atoms with Crippen molar-refractivity contribution in [3.8, 4) is 0 Å². The van der Waals surface area contributed by atoms with Crippen molar-refractivity contribution in [3.63, 3.8) is 0 Å². The number of aliphatic carboxylic acids is 1. The molecule has 0 saturated carbocycles. The molecule has 0 saturated heterocycles. The minimum atomic E-state index is -4.07. The van der Waals surface area contributed by atoms with Crippen molar-refractivity contribution in [2.75, 3.05) is 0 Å². The van der Waals surface area contributed by atoms with Crippen LogP contribution in [0.15, 0.2) is 0 Å². The summed E-state index contributed by atoms with van der Waals surface area (Å²) in [5.41, 5.74) is 0. The minimum Gasteiger partial charge on any atom is -0.550 e. The summed E-state index contributed by atoms with van der Waals surface area (Å²) in [6.45, 7) is 3.92. The Morgan fingerprint density at radius 2 is 1.76 bits per heavy atom. The van der Waals surface area contributed by atoms with Gasteiger partial charge in [-0.25, -0.2) is 0 Å². The summed E-state index contributed by atoms with van der Waals surface area (Å²) >= 11 is 0. The van der Waals surface area contributed by atoms with Crippen LogP contribution in [0.2, 0.25) is 0 Å². The Balaban J connectivity index is 0. The fraction of sp³-hybridized carbons (Fsp3) is 0.900. The molecule has 0 heterocycles. The molecule has 0 aliphatic heterocycles. The standard InChI is InChI=1S/C10H20O5S.Na/c1-8(2)6-7-9(16(13,14)15)4-3-5-10(11)12;/h8-9H,3-7H2,1-2H3,(H,11,12)(H,13,14,15);/q;+1/p-1. The van der Waals surface area contributed by atoms with E-state index in [1.807, 2.05) is 13.8 Å². The second-order valence-electron chi connectivity index (χ2n) is 4.37. The molecule has 0 aromatic carbocycles. The summed E-state index contributed by atoms with van der Waals surface area (Å²) in [5.74, 6) is -0.844. The maximum atomic E-state index is 11.0. The Morgan fingerprint density at radius 1 is 1.24 bits per heavy atom. The summed E-state index contributed by atoms with van der Waals surface area (Å²) in [4.78, 5) is 10.2. The third-order valence-electron chi connectivity index (χ3n) is 2.39. The fourth-order valence-electron chi connectivity index (χ4n) is 1.44. The van der Waals surface area contributed by atoms with E-state index in [0.29, 0.717) is 18.8 Å². The SMILES string of the molecule is CC(C)CCC(CCCC(=O)[O-])S(=O)(=O)O.[Na+]. The van der Waals surface area contributed by atoms with Crippen molar-refractivity contribution >= 4 is 16.1 Å². The van der Waals surface area contributed by atoms with Crippen molar-refractivity contribution in [2.45, 2.75) is 51.2 Å². The zero-order chi connectivity index (χ0) is 12.8. The first-order valence-electron chi connectivity index (χ1n) is 5.39. The molecule has 96 valence electrons. The van der Waals surface area contributed by atoms with Gasteiger partial charge in [0.25, 0.3) is 10.1 Å². The molecule has 0 aromatic heterocycles. The van der Waals surface area contributed by atoms with E-state index in [2.05, 4.69) is 0 Å². The van der Waals surface area contributed by atoms with Crippen molar-refractivity contribution in [2.24, 2.45) is 5.92 Å². The number of carbonyl (C=O) groups excluding carboxylic acids is 1. The molecule has 0 rings (SSSR count). The van der Waals surface area contributed by atoms with Crippen LogP contribution in [0, 0.1) is 5.92 Å². The van der Waals surface area contributed by atoms with E-state index >= 15 is 0 Å². The zero-order valence-electron chi connectivity index (χ0n) is 10.7. The first kappa shape index (κ1) is 19.7. The Kier molecular flexibility index (Phi) is 10.8. The van der Waals surface area contributed by atoms with Gasteiger partial charge in [0.1, 0.15) is 0 Å². The van der Waals surface area contributed by atoms with Crippen LogP contribution in [-0.2, 0) is 14.9 Å². The van der Waals surface area contributed by atoms with Crippen LogP contribution >= 0.6 is 0 Å². The summed E-state index contributed by atoms with van der Waals surface area (Å²) in [5, 5.41) is 9.32. The van der Waals surface area contributed by atoms with Crippen LogP contribution in [0.3, 0.4) is 0 Å². The summed E-state index contributed by atoms with van der Waals surface area (Å²) in [7, 11) is -4.07. The van der Waals surface area contributed by atoms with Gasteiger partial charge < -0.3 is 9.90 Å². The molecule has 1 unspecified atom stereocenters. The summed E-state index contributed by atoms with van der Waals surface area (Å²) in [6, 6.07) is 0. The van der Waals surface area contributed by atoms with Gasteiger partial charge >= 0.3 is 29.6 Å². The molecule has 0 radical (unpaired) electrons. The number of hydrogen-bond donors (Lipinski definition) is 1. The van der Waals surface area contributed by atoms with Gasteiger partial charge in [0, 0.05) is 5.97 Å². The number of rotatable bonds is 8. The van der Waals surface area contributed by atoms with Crippen LogP contribution in [0.25, 0.3) is 0 Å². The second kappa shape index (κ2) is 9.33. The van der Waals surface area contributed by atoms with E-state index in [0.717, 1.165) is 0 Å². The predicted octanol–water partition coefficient (Wildman–Crippen LogP) is -2.40. The van der Waals surface area contributed by atoms with Crippen molar-refractivity contribution < 1.29 is 52.4 Å². The molecule has 7 heteroatoms. The molecule has 17 heavy (non-hydrogen) atoms. The monoisotopic (exact) mass is 274 g/mol. The van der Waals surface area contributed by atoms with E-state index in [1.165, 1.54) is 0 Å². The summed E-state index contributed by atoms with van der Waals surface area (Å²) in [6.07, 6.45) is 1.26. The maximum absolute atomic E-state index is 11.0. The smallest absolute Gasteiger partial charge is 0.550 e. The van der Waals surface area contributed by atoms with Crippen LogP contribution < -0.4 is 34.7 Å². The zero-order valence-corrected chi connectivity index (χ0v) is 13.5. The molecule has 1 atom stereocenters. The minimum absolute atomic E-state index is 0. The molecule has 0 bridgehead atoms. The van der Waals surface area contributed by atoms with Gasteiger partial charge in [0.05, 0.1) is 5.25 Å². The van der Waals surface area contributed by atoms with Crippen molar-refractivity contribution in [1.82, 2.24) is 0 Å². The molecule has 5 nitrogen and oxygen atoms in total. The van der Waals surface area contributed by atoms with E-state index in [-0.39, 0.29) is 48.8 Å². The third-order valence-corrected chi connectivity index (χ3v) is 3.71. The predicted molar refractivity (Wildman–Crippen MR) is 58.3 cm³/mol. The van der Waals surface area contributed by atoms with Gasteiger partial charge in [-0.2, -0.15) is 8.42 Å². The molecule has 0 amide bonds. The first-order valence-corrected chi connectivity index (χ1v) is 6.90. The fourth-order valence-corrected chi connectivity index (χ4v) is 2.33. The van der Waals surface area contributed by atoms with E-state index in [1.54, 1.807) is 0 Å². The quantitative estimate of drug-likeness (QED) is 0.393. The average molecular weight is 274 g/mol. The van der Waals surface area contributed by atoms with Crippen LogP contribution in [-0.4, -0.2) is 24.2 Å². The van der Waals surface area contributed by atoms with Gasteiger partial charge in [-0.15, -0.1) is 0 Å². The molecule has 0 aliphatic carbocycles. The molecule has 0 fully saturated rings. The van der Waals surface area contributed by atoms with Gasteiger partial charge in [-0.05, 0) is 38.0 Å². The number of carboxylic acids is 1. The maximum Gasteiger partial charge on any atom is 1.00 e. The molecule has 0 aromatic rings. The second-order valence-corrected chi connectivity index (χ2v) is 6.07. The number of hydrogen-bond acceptors (Lipinski definition) is 4. The van der Waals surface area contributed by atoms with E-state index in [4.69, 9.17) is 4.55 Å². The van der Waals surface area contributed by atoms with Crippen LogP contribution in [0.1, 0.15) is 46.0 Å². The number of carbonyl (C=O) groups is 1. The third kappa shape index (κ3) is 11.2. The number of carboxylic acid groups (broad SMARTS) is 1. The topological polar surface area (TPSA) is 94.5 Å². The van der Waals surface area contributed by atoms with Crippen molar-refractivity contribution in [1.29, 1.82) is 0 Å². The van der Waals surface area contributed by atoms with E-state index in [9.17, 15) is 18.3 Å². The summed E-state index contributed by atoms with van der Waals surface area (Å²) < 4.78 is 31.0. The Bertz CT molecular complexity index is 313. The Morgan fingerprint density at radius 3 is 2.12 bits per heavy atom.